The van der Waals surface area contributed by atoms with Gasteiger partial charge in [-0.15, -0.1) is 0 Å². The summed E-state index contributed by atoms with van der Waals surface area (Å²) in [4.78, 5) is 35.5. The highest BCUT2D eigenvalue weighted by atomic mass is 16.5. The second-order valence-electron chi connectivity index (χ2n) is 4.74. The van der Waals surface area contributed by atoms with Crippen molar-refractivity contribution in [3.63, 3.8) is 0 Å². The van der Waals surface area contributed by atoms with Crippen molar-refractivity contribution in [2.75, 3.05) is 12.3 Å². The van der Waals surface area contributed by atoms with Crippen molar-refractivity contribution in [1.82, 2.24) is 0 Å². The molecule has 6 heteroatoms. The van der Waals surface area contributed by atoms with Gasteiger partial charge in [-0.2, -0.15) is 0 Å². The molecule has 2 rings (SSSR count). The van der Waals surface area contributed by atoms with Crippen LogP contribution in [-0.2, 0) is 4.74 Å². The number of ether oxygens (including phenoxy) is 1. The third kappa shape index (κ3) is 3.55. The molecule has 0 aliphatic heterocycles. The Labute approximate surface area is 132 Å². The summed E-state index contributed by atoms with van der Waals surface area (Å²) in [6.07, 6.45) is 0. The SMILES string of the molecule is CCOC(=O)c1ccc(C(=O)c2ccc(N)cc2)cc1C(=O)O. The summed E-state index contributed by atoms with van der Waals surface area (Å²) < 4.78 is 4.82. The fourth-order valence-electron chi connectivity index (χ4n) is 2.05. The van der Waals surface area contributed by atoms with Gasteiger partial charge >= 0.3 is 11.9 Å². The van der Waals surface area contributed by atoms with E-state index in [1.165, 1.54) is 18.2 Å². The number of carboxylic acids is 1. The first-order valence-electron chi connectivity index (χ1n) is 6.88. The summed E-state index contributed by atoms with van der Waals surface area (Å²) in [7, 11) is 0. The Bertz CT molecular complexity index is 765. The zero-order valence-electron chi connectivity index (χ0n) is 12.4. The normalized spacial score (nSPS) is 10.1. The van der Waals surface area contributed by atoms with E-state index in [1.54, 1.807) is 31.2 Å². The van der Waals surface area contributed by atoms with E-state index < -0.39 is 11.9 Å². The van der Waals surface area contributed by atoms with E-state index >= 15 is 0 Å². The minimum Gasteiger partial charge on any atom is -0.478 e. The number of ketones is 1. The quantitative estimate of drug-likeness (QED) is 0.498. The summed E-state index contributed by atoms with van der Waals surface area (Å²) in [5.74, 6) is -2.40. The summed E-state index contributed by atoms with van der Waals surface area (Å²) in [6.45, 7) is 1.75. The van der Waals surface area contributed by atoms with E-state index in [9.17, 15) is 19.5 Å². The second kappa shape index (κ2) is 6.74. The number of esters is 1. The highest BCUT2D eigenvalue weighted by Crippen LogP contribution is 2.18. The monoisotopic (exact) mass is 313 g/mol. The van der Waals surface area contributed by atoms with Gasteiger partial charge in [-0.3, -0.25) is 4.79 Å². The summed E-state index contributed by atoms with van der Waals surface area (Å²) in [5, 5.41) is 9.26. The molecule has 0 fully saturated rings. The Morgan fingerprint density at radius 2 is 1.61 bits per heavy atom. The van der Waals surface area contributed by atoms with E-state index in [0.717, 1.165) is 0 Å². The molecule has 0 aliphatic carbocycles. The van der Waals surface area contributed by atoms with Crippen LogP contribution in [0.1, 0.15) is 43.6 Å². The zero-order chi connectivity index (χ0) is 17.0. The van der Waals surface area contributed by atoms with Gasteiger partial charge in [0.25, 0.3) is 0 Å². The number of hydrogen-bond donors (Lipinski definition) is 2. The van der Waals surface area contributed by atoms with E-state index in [1.807, 2.05) is 0 Å². The largest absolute Gasteiger partial charge is 0.478 e. The fraction of sp³-hybridized carbons (Fsp3) is 0.118. The van der Waals surface area contributed by atoms with Gasteiger partial charge in [0.2, 0.25) is 0 Å². The van der Waals surface area contributed by atoms with Crippen LogP contribution in [0.15, 0.2) is 42.5 Å². The number of hydrogen-bond acceptors (Lipinski definition) is 5. The molecule has 0 atom stereocenters. The maximum atomic E-state index is 12.4. The van der Waals surface area contributed by atoms with Gasteiger partial charge in [0.05, 0.1) is 17.7 Å². The van der Waals surface area contributed by atoms with Gasteiger partial charge in [-0.05, 0) is 43.3 Å². The number of carbonyl (C=O) groups excluding carboxylic acids is 2. The fourth-order valence-corrected chi connectivity index (χ4v) is 2.05. The van der Waals surface area contributed by atoms with Crippen molar-refractivity contribution >= 4 is 23.4 Å². The van der Waals surface area contributed by atoms with Crippen molar-refractivity contribution in [3.05, 3.63) is 64.7 Å². The molecule has 0 bridgehead atoms. The van der Waals surface area contributed by atoms with Gasteiger partial charge in [0, 0.05) is 16.8 Å². The number of aromatic carboxylic acids is 1. The Morgan fingerprint density at radius 1 is 1.00 bits per heavy atom. The van der Waals surface area contributed by atoms with E-state index in [2.05, 4.69) is 0 Å². The molecule has 6 nitrogen and oxygen atoms in total. The third-order valence-electron chi connectivity index (χ3n) is 3.18. The maximum Gasteiger partial charge on any atom is 0.338 e. The smallest absolute Gasteiger partial charge is 0.338 e. The number of anilines is 1. The topological polar surface area (TPSA) is 107 Å². The van der Waals surface area contributed by atoms with Gasteiger partial charge in [0.15, 0.2) is 5.78 Å². The van der Waals surface area contributed by atoms with Crippen LogP contribution < -0.4 is 5.73 Å². The van der Waals surface area contributed by atoms with Crippen molar-refractivity contribution in [2.45, 2.75) is 6.92 Å². The average Bonchev–Trinajstić information content (AvgIpc) is 2.54. The maximum absolute atomic E-state index is 12.4. The molecule has 0 amide bonds. The molecule has 23 heavy (non-hydrogen) atoms. The summed E-state index contributed by atoms with van der Waals surface area (Å²) in [5.41, 5.74) is 6.27. The van der Waals surface area contributed by atoms with Crippen molar-refractivity contribution in [3.8, 4) is 0 Å². The second-order valence-corrected chi connectivity index (χ2v) is 4.74. The van der Waals surface area contributed by atoms with Crippen LogP contribution in [0.4, 0.5) is 5.69 Å². The van der Waals surface area contributed by atoms with Crippen LogP contribution in [0.3, 0.4) is 0 Å². The first-order valence-corrected chi connectivity index (χ1v) is 6.88. The van der Waals surface area contributed by atoms with Crippen LogP contribution in [0.5, 0.6) is 0 Å². The highest BCUT2D eigenvalue weighted by molar-refractivity contribution is 6.11. The first kappa shape index (κ1) is 16.2. The molecule has 0 radical (unpaired) electrons. The van der Waals surface area contributed by atoms with Crippen molar-refractivity contribution < 1.29 is 24.2 Å². The standard InChI is InChI=1S/C17H15NO5/c1-2-23-17(22)13-8-5-11(9-14(13)16(20)21)15(19)10-3-6-12(18)7-4-10/h3-9H,2,18H2,1H3,(H,20,21). The predicted octanol–water partition coefficient (Wildman–Crippen LogP) is 2.37. The Hall–Kier alpha value is -3.15. The molecule has 0 saturated carbocycles. The molecule has 0 spiro atoms. The minimum atomic E-state index is -1.31. The van der Waals surface area contributed by atoms with Crippen molar-refractivity contribution in [1.29, 1.82) is 0 Å². The molecular weight excluding hydrogens is 298 g/mol. The summed E-state index contributed by atoms with van der Waals surface area (Å²) in [6, 6.07) is 10.1. The lowest BCUT2D eigenvalue weighted by molar-refractivity contribution is 0.0514. The molecule has 3 N–H and O–H groups in total. The van der Waals surface area contributed by atoms with E-state index in [4.69, 9.17) is 10.5 Å². The molecule has 2 aromatic rings. The van der Waals surface area contributed by atoms with Crippen LogP contribution >= 0.6 is 0 Å². The molecule has 118 valence electrons. The molecular formula is C17H15NO5. The van der Waals surface area contributed by atoms with Gasteiger partial charge in [-0.25, -0.2) is 9.59 Å². The number of benzene rings is 2. The zero-order valence-corrected chi connectivity index (χ0v) is 12.4. The number of rotatable bonds is 5. The number of carboxylic acid groups (broad SMARTS) is 1. The molecule has 0 aromatic heterocycles. The van der Waals surface area contributed by atoms with Crippen LogP contribution in [0.2, 0.25) is 0 Å². The lowest BCUT2D eigenvalue weighted by Gasteiger charge is -2.08. The molecule has 0 saturated heterocycles. The number of nitrogen functional groups attached to an aromatic ring is 1. The molecule has 2 aromatic carbocycles. The Kier molecular flexibility index (Phi) is 4.75. The van der Waals surface area contributed by atoms with Crippen LogP contribution in [0, 0.1) is 0 Å². The molecule has 0 aliphatic rings. The summed E-state index contributed by atoms with van der Waals surface area (Å²) >= 11 is 0. The van der Waals surface area contributed by atoms with Gasteiger partial charge in [-0.1, -0.05) is 6.07 Å². The van der Waals surface area contributed by atoms with Crippen LogP contribution in [0.25, 0.3) is 0 Å². The Balaban J connectivity index is 2.43. The number of carbonyl (C=O) groups is 3. The average molecular weight is 313 g/mol. The van der Waals surface area contributed by atoms with Gasteiger partial charge in [0.1, 0.15) is 0 Å². The van der Waals surface area contributed by atoms with E-state index in [0.29, 0.717) is 11.3 Å². The Morgan fingerprint density at radius 3 is 2.17 bits per heavy atom. The lowest BCUT2D eigenvalue weighted by Crippen LogP contribution is -2.13. The van der Waals surface area contributed by atoms with Gasteiger partial charge < -0.3 is 15.6 Å². The van der Waals surface area contributed by atoms with E-state index in [-0.39, 0.29) is 29.1 Å². The third-order valence-corrected chi connectivity index (χ3v) is 3.18. The highest BCUT2D eigenvalue weighted by Gasteiger charge is 2.20. The minimum absolute atomic E-state index is 0.0896. The lowest BCUT2D eigenvalue weighted by atomic mass is 9.98. The van der Waals surface area contributed by atoms with Crippen LogP contribution in [-0.4, -0.2) is 29.4 Å². The molecule has 0 unspecified atom stereocenters. The predicted molar refractivity (Wildman–Crippen MR) is 83.6 cm³/mol. The molecule has 0 heterocycles. The first-order chi connectivity index (χ1) is 10.9. The van der Waals surface area contributed by atoms with Crippen molar-refractivity contribution in [2.24, 2.45) is 0 Å². The number of nitrogens with two attached hydrogens (primary N) is 1.